The summed E-state index contributed by atoms with van der Waals surface area (Å²) >= 11 is 3.87. The molecule has 0 saturated carbocycles. The summed E-state index contributed by atoms with van der Waals surface area (Å²) in [5.74, 6) is -3.71. The number of carbonyl (C=O) groups excluding carboxylic acids is 2. The number of nitro groups is 1. The van der Waals surface area contributed by atoms with Crippen molar-refractivity contribution < 1.29 is 18.9 Å². The van der Waals surface area contributed by atoms with Gasteiger partial charge in [-0.1, -0.05) is 64.5 Å². The highest BCUT2D eigenvalue weighted by atomic mass is 79.9. The highest BCUT2D eigenvalue weighted by Crippen LogP contribution is 2.66. The number of benzene rings is 3. The number of alkyl halides is 1. The van der Waals surface area contributed by atoms with Gasteiger partial charge in [0.2, 0.25) is 11.8 Å². The summed E-state index contributed by atoms with van der Waals surface area (Å²) in [7, 11) is 0. The van der Waals surface area contributed by atoms with Gasteiger partial charge in [0.05, 0.1) is 27.1 Å². The van der Waals surface area contributed by atoms with Gasteiger partial charge in [-0.25, -0.2) is 9.29 Å². The SMILES string of the molecule is O=C1[C@@H]2C3c4ccccc4C(Br)(c4ccccc43)[C@@H]2C(=O)N1c1ccc(F)cc1[N+](=O)[O-]. The fourth-order valence-corrected chi connectivity index (χ4v) is 6.95. The molecule has 2 atom stereocenters. The van der Waals surface area contributed by atoms with Crippen LogP contribution >= 0.6 is 15.9 Å². The molecule has 1 aliphatic heterocycles. The number of amides is 2. The van der Waals surface area contributed by atoms with Crippen LogP contribution in [0.15, 0.2) is 66.7 Å². The lowest BCUT2D eigenvalue weighted by atomic mass is 9.55. The molecule has 0 radical (unpaired) electrons. The first-order chi connectivity index (χ1) is 15.4. The molecule has 32 heavy (non-hydrogen) atoms. The Labute approximate surface area is 189 Å². The molecule has 4 aliphatic rings. The van der Waals surface area contributed by atoms with Crippen LogP contribution in [0.1, 0.15) is 28.2 Å². The Hall–Kier alpha value is -3.39. The predicted molar refractivity (Wildman–Crippen MR) is 117 cm³/mol. The molecule has 0 aromatic heterocycles. The number of anilines is 1. The standard InChI is InChI=1S/C24H14BrFN2O4/c25-24-15-7-3-1-5-13(15)19(14-6-2-4-8-16(14)24)20-21(24)23(30)27(22(20)29)17-10-9-12(26)11-18(17)28(31)32/h1-11,19-21H/t19?,20-,21+,24?/m1/s1. The number of rotatable bonds is 2. The van der Waals surface area contributed by atoms with E-state index in [0.717, 1.165) is 45.4 Å². The monoisotopic (exact) mass is 492 g/mol. The Morgan fingerprint density at radius 1 is 0.938 bits per heavy atom. The third-order valence-electron chi connectivity index (χ3n) is 6.89. The first-order valence-electron chi connectivity index (χ1n) is 10.0. The number of nitrogens with zero attached hydrogens (tertiary/aromatic N) is 2. The average molecular weight is 493 g/mol. The van der Waals surface area contributed by atoms with Crippen molar-refractivity contribution in [2.24, 2.45) is 11.8 Å². The summed E-state index contributed by atoms with van der Waals surface area (Å²) < 4.78 is 12.8. The third kappa shape index (κ3) is 2.17. The Kier molecular flexibility index (Phi) is 3.81. The number of nitro benzene ring substituents is 1. The van der Waals surface area contributed by atoms with E-state index in [0.29, 0.717) is 0 Å². The van der Waals surface area contributed by atoms with Gasteiger partial charge in [0.1, 0.15) is 11.5 Å². The lowest BCUT2D eigenvalue weighted by Crippen LogP contribution is -2.50. The average Bonchev–Trinajstić information content (AvgIpc) is 3.06. The molecule has 1 fully saturated rings. The zero-order valence-corrected chi connectivity index (χ0v) is 18.0. The Balaban J connectivity index is 1.61. The van der Waals surface area contributed by atoms with E-state index in [-0.39, 0.29) is 11.6 Å². The fraction of sp³-hybridized carbons (Fsp3) is 0.167. The summed E-state index contributed by atoms with van der Waals surface area (Å²) in [5.41, 5.74) is 2.94. The molecule has 158 valence electrons. The van der Waals surface area contributed by atoms with Crippen LogP contribution in [0.25, 0.3) is 0 Å². The van der Waals surface area contributed by atoms with Gasteiger partial charge in [-0.15, -0.1) is 0 Å². The number of hydrogen-bond donors (Lipinski definition) is 0. The van der Waals surface area contributed by atoms with Gasteiger partial charge in [-0.3, -0.25) is 19.7 Å². The second kappa shape index (κ2) is 6.32. The first-order valence-corrected chi connectivity index (χ1v) is 10.8. The van der Waals surface area contributed by atoms with E-state index >= 15 is 0 Å². The molecule has 0 unspecified atom stereocenters. The van der Waals surface area contributed by atoms with Crippen molar-refractivity contribution in [3.8, 4) is 0 Å². The van der Waals surface area contributed by atoms with Crippen LogP contribution in [0.2, 0.25) is 0 Å². The Bertz CT molecular complexity index is 1330. The van der Waals surface area contributed by atoms with Crippen molar-refractivity contribution >= 4 is 39.1 Å². The van der Waals surface area contributed by atoms with Gasteiger partial charge >= 0.3 is 0 Å². The maximum atomic E-state index is 13.8. The number of halogens is 2. The van der Waals surface area contributed by atoms with Crippen molar-refractivity contribution in [1.82, 2.24) is 0 Å². The van der Waals surface area contributed by atoms with E-state index in [2.05, 4.69) is 15.9 Å². The van der Waals surface area contributed by atoms with Crippen LogP contribution in [-0.4, -0.2) is 16.7 Å². The Morgan fingerprint density at radius 2 is 1.53 bits per heavy atom. The van der Waals surface area contributed by atoms with E-state index in [1.807, 2.05) is 48.5 Å². The van der Waals surface area contributed by atoms with Crippen molar-refractivity contribution in [3.63, 3.8) is 0 Å². The highest BCUT2D eigenvalue weighted by molar-refractivity contribution is 9.09. The van der Waals surface area contributed by atoms with Crippen LogP contribution in [0.5, 0.6) is 0 Å². The molecule has 1 saturated heterocycles. The molecule has 3 aromatic carbocycles. The third-order valence-corrected chi connectivity index (χ3v) is 8.24. The van der Waals surface area contributed by atoms with Crippen molar-refractivity contribution in [1.29, 1.82) is 0 Å². The van der Waals surface area contributed by atoms with Crippen molar-refractivity contribution in [3.05, 3.63) is 105 Å². The molecule has 0 spiro atoms. The molecule has 8 heteroatoms. The van der Waals surface area contributed by atoms with Crippen molar-refractivity contribution in [2.45, 2.75) is 10.2 Å². The minimum Gasteiger partial charge on any atom is -0.274 e. The molecular formula is C24H14BrFN2O4. The molecule has 3 aromatic rings. The van der Waals surface area contributed by atoms with Crippen LogP contribution < -0.4 is 4.90 Å². The van der Waals surface area contributed by atoms with E-state index in [1.165, 1.54) is 0 Å². The van der Waals surface area contributed by atoms with E-state index in [4.69, 9.17) is 0 Å². The zero-order chi connectivity index (χ0) is 22.4. The fourth-order valence-electron chi connectivity index (χ4n) is 5.75. The number of carbonyl (C=O) groups is 2. The van der Waals surface area contributed by atoms with Crippen LogP contribution in [0, 0.1) is 27.8 Å². The van der Waals surface area contributed by atoms with Crippen molar-refractivity contribution in [2.75, 3.05) is 4.90 Å². The van der Waals surface area contributed by atoms with Crippen LogP contribution in [-0.2, 0) is 13.9 Å². The quantitative estimate of drug-likeness (QED) is 0.226. The topological polar surface area (TPSA) is 80.5 Å². The molecule has 3 aliphatic carbocycles. The second-order valence-electron chi connectivity index (χ2n) is 8.27. The second-order valence-corrected chi connectivity index (χ2v) is 9.52. The first kappa shape index (κ1) is 19.3. The molecule has 7 rings (SSSR count). The van der Waals surface area contributed by atoms with E-state index < -0.39 is 44.4 Å². The lowest BCUT2D eigenvalue weighted by Gasteiger charge is -2.51. The van der Waals surface area contributed by atoms with Gasteiger partial charge in [0.25, 0.3) is 5.69 Å². The predicted octanol–water partition coefficient (Wildman–Crippen LogP) is 4.64. The molecule has 1 heterocycles. The molecular weight excluding hydrogens is 479 g/mol. The maximum absolute atomic E-state index is 13.8. The van der Waals surface area contributed by atoms with Gasteiger partial charge in [-0.2, -0.15) is 0 Å². The number of hydrogen-bond acceptors (Lipinski definition) is 4. The minimum atomic E-state index is -0.949. The number of imide groups is 1. The van der Waals surface area contributed by atoms with Gasteiger partial charge in [-0.05, 0) is 34.4 Å². The molecule has 0 N–H and O–H groups in total. The lowest BCUT2D eigenvalue weighted by molar-refractivity contribution is -0.384. The minimum absolute atomic E-state index is 0.204. The van der Waals surface area contributed by atoms with Gasteiger partial charge in [0.15, 0.2) is 0 Å². The molecule has 2 bridgehead atoms. The smallest absolute Gasteiger partial charge is 0.274 e. The largest absolute Gasteiger partial charge is 0.296 e. The molecule has 2 amide bonds. The maximum Gasteiger partial charge on any atom is 0.296 e. The van der Waals surface area contributed by atoms with E-state index in [1.54, 1.807) is 0 Å². The zero-order valence-electron chi connectivity index (χ0n) is 16.4. The van der Waals surface area contributed by atoms with E-state index in [9.17, 15) is 24.1 Å². The normalized spacial score (nSPS) is 27.2. The summed E-state index contributed by atoms with van der Waals surface area (Å²) in [6.07, 6.45) is 0. The van der Waals surface area contributed by atoms with Gasteiger partial charge in [0, 0.05) is 5.92 Å². The Morgan fingerprint density at radius 3 is 2.12 bits per heavy atom. The summed E-state index contributed by atoms with van der Waals surface area (Å²) in [6.45, 7) is 0. The summed E-state index contributed by atoms with van der Waals surface area (Å²) in [4.78, 5) is 39.2. The molecule has 6 nitrogen and oxygen atoms in total. The van der Waals surface area contributed by atoms with Crippen LogP contribution in [0.4, 0.5) is 15.8 Å². The summed E-state index contributed by atoms with van der Waals surface area (Å²) in [6, 6.07) is 18.3. The van der Waals surface area contributed by atoms with Crippen LogP contribution in [0.3, 0.4) is 0 Å². The van der Waals surface area contributed by atoms with Gasteiger partial charge < -0.3 is 0 Å². The highest BCUT2D eigenvalue weighted by Gasteiger charge is 2.68. The summed E-state index contributed by atoms with van der Waals surface area (Å²) in [5, 5.41) is 11.6.